The number of aromatic nitrogens is 1. The van der Waals surface area contributed by atoms with Gasteiger partial charge in [0.25, 0.3) is 0 Å². The second-order valence-corrected chi connectivity index (χ2v) is 10.2. The van der Waals surface area contributed by atoms with Gasteiger partial charge in [-0.2, -0.15) is 0 Å². The highest BCUT2D eigenvalue weighted by atomic mass is 32.1. The quantitative estimate of drug-likeness (QED) is 0.471. The van der Waals surface area contributed by atoms with Crippen molar-refractivity contribution in [1.82, 2.24) is 9.56 Å². The van der Waals surface area contributed by atoms with Gasteiger partial charge < -0.3 is 4.90 Å². The molecule has 138 valence electrons. The molecule has 2 atom stereocenters. The van der Waals surface area contributed by atoms with Crippen molar-refractivity contribution in [3.05, 3.63) is 41.8 Å². The van der Waals surface area contributed by atoms with E-state index in [4.69, 9.17) is 4.98 Å². The Balaban J connectivity index is 1.43. The van der Waals surface area contributed by atoms with Crippen LogP contribution in [0.15, 0.2) is 36.4 Å². The fourth-order valence-electron chi connectivity index (χ4n) is 5.31. The number of benzene rings is 2. The van der Waals surface area contributed by atoms with E-state index in [1.807, 2.05) is 11.3 Å². The molecule has 4 heteroatoms. The second-order valence-electron chi connectivity index (χ2n) is 9.15. The van der Waals surface area contributed by atoms with Crippen molar-refractivity contribution in [3.8, 4) is 10.6 Å². The van der Waals surface area contributed by atoms with E-state index in [2.05, 4.69) is 59.7 Å². The van der Waals surface area contributed by atoms with Crippen LogP contribution in [0.1, 0.15) is 26.7 Å². The van der Waals surface area contributed by atoms with Gasteiger partial charge in [0, 0.05) is 42.7 Å². The van der Waals surface area contributed by atoms with Crippen molar-refractivity contribution in [3.63, 3.8) is 0 Å². The van der Waals surface area contributed by atoms with Gasteiger partial charge in [-0.15, -0.1) is 11.3 Å². The molecule has 0 bridgehead atoms. The number of rotatable bonds is 1. The van der Waals surface area contributed by atoms with Crippen LogP contribution in [0.25, 0.3) is 20.8 Å². The molecule has 3 nitrogen and oxygen atoms in total. The van der Waals surface area contributed by atoms with Gasteiger partial charge >= 0.3 is 0 Å². The van der Waals surface area contributed by atoms with E-state index in [9.17, 15) is 0 Å². The molecule has 6 rings (SSSR count). The molecule has 0 spiro atoms. The molecule has 3 aliphatic heterocycles. The molecule has 0 aromatic heterocycles. The first kappa shape index (κ1) is 16.1. The summed E-state index contributed by atoms with van der Waals surface area (Å²) >= 11 is 1.89. The van der Waals surface area contributed by atoms with Crippen LogP contribution in [-0.2, 0) is 0 Å². The van der Waals surface area contributed by atoms with Gasteiger partial charge in [-0.3, -0.25) is 0 Å². The Morgan fingerprint density at radius 2 is 1.81 bits per heavy atom. The van der Waals surface area contributed by atoms with E-state index in [1.165, 1.54) is 59.6 Å². The number of hydrogen-bond donors (Lipinski definition) is 0. The molecule has 0 radical (unpaired) electrons. The Labute approximate surface area is 164 Å². The minimum atomic E-state index is 0.569. The summed E-state index contributed by atoms with van der Waals surface area (Å²) in [7, 11) is 0. The van der Waals surface area contributed by atoms with E-state index in [0.29, 0.717) is 5.41 Å². The molecule has 1 aromatic carbocycles. The molecule has 27 heavy (non-hydrogen) atoms. The van der Waals surface area contributed by atoms with Crippen LogP contribution in [0.2, 0.25) is 0 Å². The van der Waals surface area contributed by atoms with E-state index in [0.717, 1.165) is 23.0 Å². The topological polar surface area (TPSA) is 19.1 Å². The predicted molar refractivity (Wildman–Crippen MR) is 113 cm³/mol. The average Bonchev–Trinajstić information content (AvgIpc) is 3.18. The van der Waals surface area contributed by atoms with Gasteiger partial charge in [-0.1, -0.05) is 13.8 Å². The molecule has 3 heterocycles. The van der Waals surface area contributed by atoms with Crippen LogP contribution < -0.4 is 14.8 Å². The Kier molecular flexibility index (Phi) is 3.29. The molecule has 1 aromatic rings. The molecular weight excluding hydrogens is 350 g/mol. The summed E-state index contributed by atoms with van der Waals surface area (Å²) in [5.41, 5.74) is 4.16. The minimum Gasteiger partial charge on any atom is -0.371 e. The first-order valence-corrected chi connectivity index (χ1v) is 11.1. The highest BCUT2D eigenvalue weighted by molar-refractivity contribution is 7.21. The Bertz CT molecular complexity index is 1070. The van der Waals surface area contributed by atoms with Crippen LogP contribution in [0, 0.1) is 17.3 Å². The lowest BCUT2D eigenvalue weighted by atomic mass is 10.1. The molecule has 2 aliphatic carbocycles. The number of anilines is 1. The van der Waals surface area contributed by atoms with Crippen LogP contribution >= 0.6 is 11.3 Å². The lowest BCUT2D eigenvalue weighted by Gasteiger charge is -2.18. The normalized spacial score (nSPS) is 26.1. The first-order chi connectivity index (χ1) is 13.1. The van der Waals surface area contributed by atoms with Crippen LogP contribution in [0.3, 0.4) is 0 Å². The van der Waals surface area contributed by atoms with E-state index in [1.54, 1.807) is 0 Å². The van der Waals surface area contributed by atoms with E-state index in [-0.39, 0.29) is 0 Å². The van der Waals surface area contributed by atoms with Gasteiger partial charge in [0.2, 0.25) is 5.36 Å². The molecule has 2 saturated heterocycles. The van der Waals surface area contributed by atoms with Gasteiger partial charge in [-0.25, -0.2) is 9.56 Å². The molecule has 0 amide bonds. The third-order valence-electron chi connectivity index (χ3n) is 7.31. The Morgan fingerprint density at radius 1 is 1.04 bits per heavy atom. The Hall–Kier alpha value is -1.94. The van der Waals surface area contributed by atoms with Crippen LogP contribution in [-0.4, -0.2) is 31.2 Å². The number of nitrogens with zero attached hydrogens (tertiary/aromatic N) is 3. The maximum Gasteiger partial charge on any atom is 0.201 e. The molecular formula is C23H26N3S+. The Morgan fingerprint density at radius 3 is 2.59 bits per heavy atom. The van der Waals surface area contributed by atoms with Gasteiger partial charge in [0.1, 0.15) is 13.1 Å². The first-order valence-electron chi connectivity index (χ1n) is 10.3. The van der Waals surface area contributed by atoms with Crippen molar-refractivity contribution < 1.29 is 0 Å². The van der Waals surface area contributed by atoms with Crippen LogP contribution in [0.5, 0.6) is 0 Å². The van der Waals surface area contributed by atoms with Crippen molar-refractivity contribution in [2.24, 2.45) is 17.3 Å². The minimum absolute atomic E-state index is 0.569. The standard InChI is InChI=1S/C23H26N3S/c1-23(2)17-13-26(14-18(17)23)16-6-8-20-22(12-16)27-21-11-15(5-7-19(21)24-20)25-9-3-4-10-25/h5-8,11-12,17-18H,3-4,9-10,13-14H2,1-2H3/q+1. The summed E-state index contributed by atoms with van der Waals surface area (Å²) in [6, 6.07) is 13.6. The van der Waals surface area contributed by atoms with Crippen molar-refractivity contribution >= 4 is 27.2 Å². The molecule has 2 unspecified atom stereocenters. The van der Waals surface area contributed by atoms with Crippen molar-refractivity contribution in [1.29, 1.82) is 0 Å². The second kappa shape index (κ2) is 5.54. The monoisotopic (exact) mass is 376 g/mol. The van der Waals surface area contributed by atoms with Crippen molar-refractivity contribution in [2.45, 2.75) is 26.7 Å². The number of fused-ring (bicyclic) bond motifs is 3. The van der Waals surface area contributed by atoms with Gasteiger partial charge in [-0.05, 0) is 42.5 Å². The highest BCUT2D eigenvalue weighted by Gasteiger charge is 2.65. The third-order valence-corrected chi connectivity index (χ3v) is 8.40. The molecule has 5 aliphatic rings. The fourth-order valence-corrected chi connectivity index (χ4v) is 6.35. The zero-order valence-electron chi connectivity index (χ0n) is 16.1. The highest BCUT2D eigenvalue weighted by Crippen LogP contribution is 2.60. The third kappa shape index (κ3) is 2.46. The summed E-state index contributed by atoms with van der Waals surface area (Å²) in [5, 5.41) is 1.37. The summed E-state index contributed by atoms with van der Waals surface area (Å²) in [6.45, 7) is 9.66. The van der Waals surface area contributed by atoms with Crippen LogP contribution in [0.4, 0.5) is 5.69 Å². The summed E-state index contributed by atoms with van der Waals surface area (Å²) in [6.07, 6.45) is 2.63. The summed E-state index contributed by atoms with van der Waals surface area (Å²) in [5.74, 6) is 1.77. The lowest BCUT2D eigenvalue weighted by Crippen LogP contribution is -2.31. The molecule has 3 fully saturated rings. The summed E-state index contributed by atoms with van der Waals surface area (Å²) in [4.78, 5) is 8.74. The molecule has 1 saturated carbocycles. The van der Waals surface area contributed by atoms with E-state index < -0.39 is 0 Å². The number of hydrogen-bond acceptors (Lipinski definition) is 3. The van der Waals surface area contributed by atoms with Gasteiger partial charge in [0.15, 0.2) is 0 Å². The molecule has 0 N–H and O–H groups in total. The number of piperidine rings is 1. The lowest BCUT2D eigenvalue weighted by molar-refractivity contribution is 0.439. The fraction of sp³-hybridized carbons (Fsp3) is 0.478. The maximum absolute atomic E-state index is 4.93. The zero-order valence-corrected chi connectivity index (χ0v) is 16.9. The van der Waals surface area contributed by atoms with Gasteiger partial charge in [0.05, 0.1) is 20.8 Å². The SMILES string of the molecule is CC1(C)C2C[N+](=c3ccc4nc5ccc(N6CCCC6)cc5sc-4c3)CC21. The predicted octanol–water partition coefficient (Wildman–Crippen LogP) is 4.06. The smallest absolute Gasteiger partial charge is 0.201 e. The largest absolute Gasteiger partial charge is 0.371 e. The van der Waals surface area contributed by atoms with Crippen molar-refractivity contribution in [2.75, 3.05) is 31.1 Å². The average molecular weight is 377 g/mol. The zero-order chi connectivity index (χ0) is 18.2. The maximum atomic E-state index is 4.93. The summed E-state index contributed by atoms with van der Waals surface area (Å²) < 4.78 is 3.88. The van der Waals surface area contributed by atoms with E-state index >= 15 is 0 Å².